The van der Waals surface area contributed by atoms with E-state index in [9.17, 15) is 19.8 Å². The number of ether oxygens (including phenoxy) is 3. The van der Waals surface area contributed by atoms with Crippen LogP contribution >= 0.6 is 22.7 Å². The van der Waals surface area contributed by atoms with Gasteiger partial charge in [-0.2, -0.15) is 0 Å². The summed E-state index contributed by atoms with van der Waals surface area (Å²) in [6.07, 6.45) is 3.48. The first kappa shape index (κ1) is 45.0. The number of aryl methyl sites for hydroxylation is 1. The number of carbonyl (C=O) groups excluding carboxylic acids is 1. The van der Waals surface area contributed by atoms with Crippen molar-refractivity contribution in [2.75, 3.05) is 33.4 Å². The van der Waals surface area contributed by atoms with Gasteiger partial charge in [0.2, 0.25) is 11.2 Å². The average molecular weight is 915 g/mol. The number of rotatable bonds is 16. The number of phenolic OH excluding ortho intramolecular Hbond substituents is 1. The third kappa shape index (κ3) is 9.32. The topological polar surface area (TPSA) is 173 Å². The summed E-state index contributed by atoms with van der Waals surface area (Å²) >= 11 is 2.70. The van der Waals surface area contributed by atoms with Gasteiger partial charge >= 0.3 is 5.97 Å². The van der Waals surface area contributed by atoms with Crippen LogP contribution in [0.15, 0.2) is 70.2 Å². The molecule has 0 amide bonds. The molecule has 5 heterocycles. The SMILES string of the molecule is CN(CCCn1nnc2cc(CNCC(O[Si](C)(C)C(C)(C)C)c3ccc(O)c4[nH]c(=O)ccc34)c3c(c21)OCCO3)C1CCC(OC(=O)C(O)(c2cccs2)c2cccs2)CC1. The Bertz CT molecular complexity index is 2550. The monoisotopic (exact) mass is 914 g/mol. The van der Waals surface area contributed by atoms with E-state index in [1.165, 1.54) is 28.7 Å². The number of benzene rings is 2. The Morgan fingerprint density at radius 1 is 1.03 bits per heavy atom. The first-order valence-corrected chi connectivity index (χ1v) is 26.4. The minimum Gasteiger partial charge on any atom is -0.506 e. The van der Waals surface area contributed by atoms with E-state index in [1.54, 1.807) is 24.3 Å². The summed E-state index contributed by atoms with van der Waals surface area (Å²) in [5, 5.41) is 39.5. The lowest BCUT2D eigenvalue weighted by atomic mass is 9.91. The Balaban J connectivity index is 0.899. The highest BCUT2D eigenvalue weighted by Gasteiger charge is 2.45. The molecule has 0 radical (unpaired) electrons. The van der Waals surface area contributed by atoms with Gasteiger partial charge in [-0.1, -0.05) is 44.2 Å². The molecular formula is C46H58N6O8S2Si. The molecule has 1 atom stereocenters. The molecule has 0 bridgehead atoms. The molecule has 1 fully saturated rings. The summed E-state index contributed by atoms with van der Waals surface area (Å²) in [5.41, 5.74) is 1.63. The summed E-state index contributed by atoms with van der Waals surface area (Å²) in [4.78, 5) is 32.0. The number of pyridine rings is 1. The summed E-state index contributed by atoms with van der Waals surface area (Å²) in [6, 6.07) is 16.3. The van der Waals surface area contributed by atoms with E-state index in [4.69, 9.17) is 18.6 Å². The van der Waals surface area contributed by atoms with Gasteiger partial charge in [-0.25, -0.2) is 9.48 Å². The lowest BCUT2D eigenvalue weighted by Gasteiger charge is -2.39. The van der Waals surface area contributed by atoms with E-state index in [-0.39, 0.29) is 28.6 Å². The van der Waals surface area contributed by atoms with Crippen molar-refractivity contribution in [1.29, 1.82) is 0 Å². The Morgan fingerprint density at radius 3 is 2.40 bits per heavy atom. The van der Waals surface area contributed by atoms with E-state index in [2.05, 4.69) is 66.4 Å². The largest absolute Gasteiger partial charge is 0.506 e. The fourth-order valence-corrected chi connectivity index (χ4v) is 11.4. The van der Waals surface area contributed by atoms with Gasteiger partial charge in [0.05, 0.1) is 21.4 Å². The lowest BCUT2D eigenvalue weighted by molar-refractivity contribution is -0.169. The number of hydrogen-bond acceptors (Lipinski definition) is 14. The minimum absolute atomic E-state index is 0.0119. The van der Waals surface area contributed by atoms with Crippen LogP contribution in [-0.2, 0) is 32.6 Å². The minimum atomic E-state index is -2.27. The maximum Gasteiger partial charge on any atom is 0.349 e. The molecule has 1 saturated carbocycles. The Kier molecular flexibility index (Phi) is 13.2. The number of aromatic amines is 1. The van der Waals surface area contributed by atoms with Crippen molar-refractivity contribution < 1.29 is 33.6 Å². The fourth-order valence-electron chi connectivity index (χ4n) is 8.42. The molecule has 1 aliphatic heterocycles. The molecule has 1 unspecified atom stereocenters. The van der Waals surface area contributed by atoms with Crippen LogP contribution in [0.2, 0.25) is 18.1 Å². The van der Waals surface area contributed by atoms with E-state index >= 15 is 0 Å². The highest BCUT2D eigenvalue weighted by molar-refractivity contribution is 7.12. The zero-order valence-electron chi connectivity index (χ0n) is 36.8. The van der Waals surface area contributed by atoms with Gasteiger partial charge in [-0.05, 0) is 110 Å². The number of H-pyrrole nitrogens is 1. The van der Waals surface area contributed by atoms with E-state index < -0.39 is 19.9 Å². The molecule has 0 spiro atoms. The van der Waals surface area contributed by atoms with E-state index in [0.29, 0.717) is 65.7 Å². The Hall–Kier alpha value is -4.62. The molecule has 17 heteroatoms. The van der Waals surface area contributed by atoms with Gasteiger partial charge in [0.15, 0.2) is 19.8 Å². The molecule has 0 saturated heterocycles. The van der Waals surface area contributed by atoms with Crippen molar-refractivity contribution >= 4 is 58.9 Å². The summed E-state index contributed by atoms with van der Waals surface area (Å²) in [7, 11) is -0.127. The van der Waals surface area contributed by atoms with E-state index in [1.807, 2.05) is 39.7 Å². The number of fused-ring (bicyclic) bond motifs is 4. The predicted molar refractivity (Wildman–Crippen MR) is 249 cm³/mol. The number of phenols is 1. The number of carbonyl (C=O) groups is 1. The van der Waals surface area contributed by atoms with Gasteiger partial charge in [0.25, 0.3) is 0 Å². The number of hydrogen-bond donors (Lipinski definition) is 4. The number of thiophene rings is 2. The third-order valence-corrected chi connectivity index (χ3v) is 19.4. The number of nitrogens with one attached hydrogen (secondary N) is 2. The van der Waals surface area contributed by atoms with Gasteiger partial charge in [0, 0.05) is 42.7 Å². The maximum absolute atomic E-state index is 13.5. The van der Waals surface area contributed by atoms with Crippen molar-refractivity contribution in [2.45, 2.75) is 108 Å². The van der Waals surface area contributed by atoms with Gasteiger partial charge in [-0.3, -0.25) is 4.79 Å². The molecule has 336 valence electrons. The van der Waals surface area contributed by atoms with Crippen LogP contribution in [-0.4, -0.2) is 94.9 Å². The molecule has 14 nitrogen and oxygen atoms in total. The molecule has 6 aromatic rings. The number of aromatic nitrogens is 4. The first-order chi connectivity index (χ1) is 30.1. The van der Waals surface area contributed by atoms with Crippen LogP contribution < -0.4 is 20.3 Å². The van der Waals surface area contributed by atoms with Crippen molar-refractivity contribution in [3.8, 4) is 17.2 Å². The number of esters is 1. The second kappa shape index (κ2) is 18.5. The van der Waals surface area contributed by atoms with Crippen molar-refractivity contribution in [3.05, 3.63) is 96.6 Å². The standard InChI is InChI=1S/C46H58N6O8S2Si/c1-45(2,3)63(5,6)60-36(32-16-18-35(53)40-33(32)17-19-39(54)48-40)28-47-27-29-26-34-41(43-42(29)57-22-23-58-43)52(50-49-34)21-9-20-51(4)30-12-14-31(15-13-30)59-44(55)46(56,37-10-7-24-61-37)38-11-8-25-62-38/h7-8,10-11,16-19,24-26,30-31,36,47,53,56H,9,12-15,20-23,27-28H2,1-6H3,(H,48,54). The molecule has 8 rings (SSSR count). The van der Waals surface area contributed by atoms with Crippen LogP contribution in [0.25, 0.3) is 21.9 Å². The molecular weight excluding hydrogens is 857 g/mol. The van der Waals surface area contributed by atoms with Gasteiger partial charge in [-0.15, -0.1) is 27.8 Å². The zero-order valence-corrected chi connectivity index (χ0v) is 39.4. The summed E-state index contributed by atoms with van der Waals surface area (Å²) in [5.74, 6) is 0.731. The zero-order chi connectivity index (χ0) is 44.5. The lowest BCUT2D eigenvalue weighted by Crippen LogP contribution is -2.43. The van der Waals surface area contributed by atoms with Crippen LogP contribution in [0.4, 0.5) is 0 Å². The fraction of sp³-hybridized carbons (Fsp3) is 0.478. The van der Waals surface area contributed by atoms with Crippen LogP contribution in [0.5, 0.6) is 17.2 Å². The van der Waals surface area contributed by atoms with Crippen LogP contribution in [0, 0.1) is 0 Å². The normalized spacial score (nSPS) is 17.7. The maximum atomic E-state index is 13.5. The number of aliphatic hydroxyl groups is 1. The first-order valence-electron chi connectivity index (χ1n) is 21.7. The van der Waals surface area contributed by atoms with Crippen molar-refractivity contribution in [2.24, 2.45) is 0 Å². The van der Waals surface area contributed by atoms with Crippen LogP contribution in [0.3, 0.4) is 0 Å². The Labute approximate surface area is 376 Å². The van der Waals surface area contributed by atoms with Gasteiger partial charge < -0.3 is 44.1 Å². The van der Waals surface area contributed by atoms with Crippen molar-refractivity contribution in [3.63, 3.8) is 0 Å². The summed E-state index contributed by atoms with van der Waals surface area (Å²) in [6.45, 7) is 14.3. The molecule has 4 N–H and O–H groups in total. The second-order valence-corrected chi connectivity index (χ2v) is 24.8. The quantitative estimate of drug-likeness (QED) is 0.0549. The van der Waals surface area contributed by atoms with Crippen molar-refractivity contribution in [1.82, 2.24) is 30.2 Å². The smallest absolute Gasteiger partial charge is 0.349 e. The molecule has 63 heavy (non-hydrogen) atoms. The van der Waals surface area contributed by atoms with Gasteiger partial charge in [0.1, 0.15) is 36.1 Å². The van der Waals surface area contributed by atoms with E-state index in [0.717, 1.165) is 66.2 Å². The number of aromatic hydroxyl groups is 1. The molecule has 1 aliphatic carbocycles. The highest BCUT2D eigenvalue weighted by atomic mass is 32.1. The molecule has 4 aromatic heterocycles. The molecule has 2 aliphatic rings. The Morgan fingerprint density at radius 2 is 1.73 bits per heavy atom. The second-order valence-electron chi connectivity index (χ2n) is 18.2. The third-order valence-electron chi connectivity index (χ3n) is 13.0. The summed E-state index contributed by atoms with van der Waals surface area (Å²) < 4.78 is 27.5. The van der Waals surface area contributed by atoms with Crippen LogP contribution in [0.1, 0.15) is 79.9 Å². The highest BCUT2D eigenvalue weighted by Crippen LogP contribution is 2.43. The predicted octanol–water partition coefficient (Wildman–Crippen LogP) is 7.84. The average Bonchev–Trinajstić information content (AvgIpc) is 4.08. The number of nitrogens with zero attached hydrogens (tertiary/aromatic N) is 4. The molecule has 2 aromatic carbocycles.